The highest BCUT2D eigenvalue weighted by molar-refractivity contribution is 5.60. The van der Waals surface area contributed by atoms with E-state index in [-0.39, 0.29) is 6.10 Å². The van der Waals surface area contributed by atoms with Crippen molar-refractivity contribution < 1.29 is 5.11 Å². The third-order valence-corrected chi connectivity index (χ3v) is 3.80. The Labute approximate surface area is 119 Å². The van der Waals surface area contributed by atoms with Crippen LogP contribution in [0.4, 0.5) is 5.82 Å². The molecular formula is C16H19N3O. The molecule has 0 amide bonds. The number of nitrogens with zero attached hydrogens (tertiary/aromatic N) is 3. The van der Waals surface area contributed by atoms with Gasteiger partial charge in [0.2, 0.25) is 0 Å². The first-order valence-corrected chi connectivity index (χ1v) is 7.12. The molecule has 2 aromatic rings. The average Bonchev–Trinajstić information content (AvgIpc) is 2.94. The van der Waals surface area contributed by atoms with Crippen molar-refractivity contribution in [2.24, 2.45) is 0 Å². The molecule has 1 atom stereocenters. The number of aryl methyl sites for hydroxylation is 1. The van der Waals surface area contributed by atoms with Crippen molar-refractivity contribution in [3.8, 4) is 11.3 Å². The fourth-order valence-electron chi connectivity index (χ4n) is 2.51. The van der Waals surface area contributed by atoms with Gasteiger partial charge in [0.15, 0.2) is 5.82 Å². The molecule has 0 saturated carbocycles. The number of aliphatic hydroxyl groups is 1. The lowest BCUT2D eigenvalue weighted by Crippen LogP contribution is -2.22. The predicted octanol–water partition coefficient (Wildman–Crippen LogP) is 2.28. The van der Waals surface area contributed by atoms with E-state index in [1.165, 1.54) is 5.56 Å². The van der Waals surface area contributed by atoms with Crippen LogP contribution in [0.1, 0.15) is 18.9 Å². The van der Waals surface area contributed by atoms with E-state index < -0.39 is 0 Å². The molecule has 104 valence electrons. The van der Waals surface area contributed by atoms with E-state index in [0.717, 1.165) is 36.5 Å². The van der Waals surface area contributed by atoms with Gasteiger partial charge >= 0.3 is 0 Å². The molecule has 1 unspecified atom stereocenters. The Kier molecular flexibility index (Phi) is 3.65. The Morgan fingerprint density at radius 2 is 1.95 bits per heavy atom. The largest absolute Gasteiger partial charge is 0.391 e. The third kappa shape index (κ3) is 2.65. The zero-order valence-corrected chi connectivity index (χ0v) is 11.7. The van der Waals surface area contributed by atoms with Crippen molar-refractivity contribution in [3.63, 3.8) is 0 Å². The van der Waals surface area contributed by atoms with Gasteiger partial charge in [0, 0.05) is 18.7 Å². The molecule has 4 heteroatoms. The van der Waals surface area contributed by atoms with Crippen LogP contribution < -0.4 is 4.90 Å². The molecule has 2 heterocycles. The Bertz CT molecular complexity index is 565. The van der Waals surface area contributed by atoms with Crippen LogP contribution in [-0.2, 0) is 6.42 Å². The van der Waals surface area contributed by atoms with E-state index in [0.29, 0.717) is 6.54 Å². The van der Waals surface area contributed by atoms with E-state index in [1.807, 2.05) is 12.1 Å². The standard InChI is InChI=1S/C16H19N3O/c1-2-12-3-5-13(6-4-12)15-7-8-16(18-17-15)19-10-9-14(20)11-19/h3-8,14,20H,2,9-11H2,1H3. The lowest BCUT2D eigenvalue weighted by molar-refractivity contribution is 0.198. The van der Waals surface area contributed by atoms with Crippen LogP contribution in [0.5, 0.6) is 0 Å². The van der Waals surface area contributed by atoms with Crippen LogP contribution in [0.3, 0.4) is 0 Å². The average molecular weight is 269 g/mol. The van der Waals surface area contributed by atoms with Crippen LogP contribution in [0.2, 0.25) is 0 Å². The number of anilines is 1. The number of hydrogen-bond donors (Lipinski definition) is 1. The fourth-order valence-corrected chi connectivity index (χ4v) is 2.51. The predicted molar refractivity (Wildman–Crippen MR) is 79.7 cm³/mol. The highest BCUT2D eigenvalue weighted by atomic mass is 16.3. The first-order chi connectivity index (χ1) is 9.76. The summed E-state index contributed by atoms with van der Waals surface area (Å²) in [5.41, 5.74) is 3.29. The smallest absolute Gasteiger partial charge is 0.151 e. The van der Waals surface area contributed by atoms with Crippen molar-refractivity contribution in [2.75, 3.05) is 18.0 Å². The summed E-state index contributed by atoms with van der Waals surface area (Å²) >= 11 is 0. The van der Waals surface area contributed by atoms with Crippen molar-refractivity contribution in [1.82, 2.24) is 10.2 Å². The quantitative estimate of drug-likeness (QED) is 0.928. The number of benzene rings is 1. The lowest BCUT2D eigenvalue weighted by atomic mass is 10.1. The Balaban J connectivity index is 1.78. The van der Waals surface area contributed by atoms with Gasteiger partial charge < -0.3 is 10.0 Å². The fraction of sp³-hybridized carbons (Fsp3) is 0.375. The third-order valence-electron chi connectivity index (χ3n) is 3.80. The molecule has 3 rings (SSSR count). The molecule has 1 aromatic heterocycles. The van der Waals surface area contributed by atoms with Crippen LogP contribution in [0.25, 0.3) is 11.3 Å². The Hall–Kier alpha value is -1.94. The van der Waals surface area contributed by atoms with Crippen molar-refractivity contribution in [2.45, 2.75) is 25.9 Å². The molecular weight excluding hydrogens is 250 g/mol. The number of rotatable bonds is 3. The van der Waals surface area contributed by atoms with Gasteiger partial charge in [-0.3, -0.25) is 0 Å². The maximum atomic E-state index is 9.55. The van der Waals surface area contributed by atoms with E-state index >= 15 is 0 Å². The molecule has 1 N–H and O–H groups in total. The molecule has 0 spiro atoms. The van der Waals surface area contributed by atoms with E-state index in [4.69, 9.17) is 0 Å². The van der Waals surface area contributed by atoms with Gasteiger partial charge in [-0.25, -0.2) is 0 Å². The number of aromatic nitrogens is 2. The molecule has 0 radical (unpaired) electrons. The number of hydrogen-bond acceptors (Lipinski definition) is 4. The maximum Gasteiger partial charge on any atom is 0.151 e. The van der Waals surface area contributed by atoms with Gasteiger partial charge in [0.25, 0.3) is 0 Å². The van der Waals surface area contributed by atoms with Crippen molar-refractivity contribution >= 4 is 5.82 Å². The second-order valence-electron chi connectivity index (χ2n) is 5.22. The maximum absolute atomic E-state index is 9.55. The minimum absolute atomic E-state index is 0.238. The SMILES string of the molecule is CCc1ccc(-c2ccc(N3CCC(O)C3)nn2)cc1. The van der Waals surface area contributed by atoms with E-state index in [1.54, 1.807) is 0 Å². The van der Waals surface area contributed by atoms with Gasteiger partial charge in [-0.05, 0) is 30.5 Å². The summed E-state index contributed by atoms with van der Waals surface area (Å²) in [4.78, 5) is 2.07. The zero-order valence-electron chi connectivity index (χ0n) is 11.7. The van der Waals surface area contributed by atoms with Gasteiger partial charge in [-0.1, -0.05) is 31.2 Å². The highest BCUT2D eigenvalue weighted by Gasteiger charge is 2.21. The lowest BCUT2D eigenvalue weighted by Gasteiger charge is -2.15. The van der Waals surface area contributed by atoms with Crippen molar-refractivity contribution in [3.05, 3.63) is 42.0 Å². The monoisotopic (exact) mass is 269 g/mol. The second-order valence-corrected chi connectivity index (χ2v) is 5.22. The van der Waals surface area contributed by atoms with Crippen molar-refractivity contribution in [1.29, 1.82) is 0 Å². The summed E-state index contributed by atoms with van der Waals surface area (Å²) < 4.78 is 0. The highest BCUT2D eigenvalue weighted by Crippen LogP contribution is 2.21. The molecule has 20 heavy (non-hydrogen) atoms. The van der Waals surface area contributed by atoms with Gasteiger partial charge in [0.05, 0.1) is 11.8 Å². The number of β-amino-alcohol motifs (C(OH)–C–C–N with tert-alkyl or cyclic N) is 1. The summed E-state index contributed by atoms with van der Waals surface area (Å²) in [6.07, 6.45) is 1.61. The summed E-state index contributed by atoms with van der Waals surface area (Å²) in [5.74, 6) is 0.843. The van der Waals surface area contributed by atoms with Crippen LogP contribution in [-0.4, -0.2) is 34.5 Å². The molecule has 1 aliphatic heterocycles. The van der Waals surface area contributed by atoms with Crippen LogP contribution in [0, 0.1) is 0 Å². The Morgan fingerprint density at radius 3 is 2.50 bits per heavy atom. The minimum Gasteiger partial charge on any atom is -0.391 e. The van der Waals surface area contributed by atoms with Crippen LogP contribution >= 0.6 is 0 Å². The molecule has 1 saturated heterocycles. The molecule has 4 nitrogen and oxygen atoms in total. The zero-order chi connectivity index (χ0) is 13.9. The molecule has 0 bridgehead atoms. The molecule has 0 aliphatic carbocycles. The van der Waals surface area contributed by atoms with Crippen LogP contribution in [0.15, 0.2) is 36.4 Å². The molecule has 1 aromatic carbocycles. The van der Waals surface area contributed by atoms with E-state index in [9.17, 15) is 5.11 Å². The summed E-state index contributed by atoms with van der Waals surface area (Å²) in [7, 11) is 0. The first-order valence-electron chi connectivity index (χ1n) is 7.12. The second kappa shape index (κ2) is 5.59. The summed E-state index contributed by atoms with van der Waals surface area (Å²) in [5, 5.41) is 18.1. The number of aliphatic hydroxyl groups excluding tert-OH is 1. The molecule has 1 aliphatic rings. The normalized spacial score (nSPS) is 18.5. The summed E-state index contributed by atoms with van der Waals surface area (Å²) in [6.45, 7) is 3.65. The first kappa shape index (κ1) is 13.1. The van der Waals surface area contributed by atoms with Gasteiger partial charge in [-0.2, -0.15) is 0 Å². The Morgan fingerprint density at radius 1 is 1.15 bits per heavy atom. The van der Waals surface area contributed by atoms with E-state index in [2.05, 4.69) is 46.3 Å². The van der Waals surface area contributed by atoms with Gasteiger partial charge in [-0.15, -0.1) is 10.2 Å². The summed E-state index contributed by atoms with van der Waals surface area (Å²) in [6, 6.07) is 12.4. The van der Waals surface area contributed by atoms with Gasteiger partial charge in [0.1, 0.15) is 0 Å². The minimum atomic E-state index is -0.238. The molecule has 1 fully saturated rings. The topological polar surface area (TPSA) is 49.2 Å².